The van der Waals surface area contributed by atoms with Crippen molar-refractivity contribution in [2.24, 2.45) is 0 Å². The molecule has 84 valence electrons. The normalized spacial score (nSPS) is 11.2. The molecule has 0 spiro atoms. The molecule has 14 heavy (non-hydrogen) atoms. The molecule has 0 saturated heterocycles. The van der Waals surface area contributed by atoms with Gasteiger partial charge in [-0.05, 0) is 20.8 Å². The number of ether oxygens (including phenoxy) is 1. The molecule has 0 aliphatic heterocycles. The van der Waals surface area contributed by atoms with Crippen molar-refractivity contribution in [1.29, 1.82) is 0 Å². The standard InChI is InChI=1S/C8H14O.C3H8O2/c1-7(2)5-9-6-8(3)4;1-3(5)2-4/h1,3,5-6H2,2,4H3;3-5H,2H2,1H3. The largest absolute Gasteiger partial charge is 0.394 e. The van der Waals surface area contributed by atoms with Crippen LogP contribution in [0, 0.1) is 0 Å². The molecule has 0 bridgehead atoms. The van der Waals surface area contributed by atoms with Crippen LogP contribution in [0.1, 0.15) is 20.8 Å². The maximum atomic E-state index is 8.11. The molecule has 0 radical (unpaired) electrons. The molecular formula is C11H22O3. The van der Waals surface area contributed by atoms with E-state index in [0.29, 0.717) is 13.2 Å². The average molecular weight is 202 g/mol. The van der Waals surface area contributed by atoms with Gasteiger partial charge in [-0.3, -0.25) is 0 Å². The van der Waals surface area contributed by atoms with Crippen molar-refractivity contribution in [2.75, 3.05) is 19.8 Å². The summed E-state index contributed by atoms with van der Waals surface area (Å²) in [7, 11) is 0. The van der Waals surface area contributed by atoms with Crippen molar-refractivity contribution in [3.05, 3.63) is 24.3 Å². The highest BCUT2D eigenvalue weighted by Crippen LogP contribution is 1.92. The van der Waals surface area contributed by atoms with Crippen molar-refractivity contribution in [3.63, 3.8) is 0 Å². The molecule has 0 rings (SSSR count). The van der Waals surface area contributed by atoms with E-state index in [1.165, 1.54) is 6.92 Å². The summed E-state index contributed by atoms with van der Waals surface area (Å²) in [6.45, 7) is 14.0. The highest BCUT2D eigenvalue weighted by molar-refractivity contribution is 4.91. The minimum atomic E-state index is -0.560. The third-order valence-corrected chi connectivity index (χ3v) is 0.961. The first-order valence-electron chi connectivity index (χ1n) is 4.55. The Hall–Kier alpha value is -0.640. The summed E-state index contributed by atoms with van der Waals surface area (Å²) in [6.07, 6.45) is -0.560. The second-order valence-electron chi connectivity index (χ2n) is 3.44. The van der Waals surface area contributed by atoms with Crippen LogP contribution in [0.15, 0.2) is 24.3 Å². The first-order chi connectivity index (χ1) is 6.40. The molecule has 3 heteroatoms. The molecule has 0 aromatic heterocycles. The number of aliphatic hydroxyl groups is 2. The van der Waals surface area contributed by atoms with E-state index in [-0.39, 0.29) is 6.61 Å². The van der Waals surface area contributed by atoms with Gasteiger partial charge >= 0.3 is 0 Å². The fourth-order valence-electron chi connectivity index (χ4n) is 0.399. The van der Waals surface area contributed by atoms with Crippen molar-refractivity contribution in [2.45, 2.75) is 26.9 Å². The monoisotopic (exact) mass is 202 g/mol. The van der Waals surface area contributed by atoms with Crippen LogP contribution in [0.3, 0.4) is 0 Å². The fourth-order valence-corrected chi connectivity index (χ4v) is 0.399. The summed E-state index contributed by atoms with van der Waals surface area (Å²) in [5, 5.41) is 16.0. The van der Waals surface area contributed by atoms with Gasteiger partial charge in [-0.1, -0.05) is 24.3 Å². The van der Waals surface area contributed by atoms with Crippen molar-refractivity contribution in [3.8, 4) is 0 Å². The molecule has 0 fully saturated rings. The lowest BCUT2D eigenvalue weighted by Gasteiger charge is -2.00. The molecule has 0 amide bonds. The van der Waals surface area contributed by atoms with Gasteiger partial charge in [0.15, 0.2) is 0 Å². The van der Waals surface area contributed by atoms with Crippen LogP contribution in [-0.4, -0.2) is 36.1 Å². The smallest absolute Gasteiger partial charge is 0.0742 e. The summed E-state index contributed by atoms with van der Waals surface area (Å²) in [4.78, 5) is 0. The number of hydrogen-bond donors (Lipinski definition) is 2. The molecule has 1 atom stereocenters. The lowest BCUT2D eigenvalue weighted by molar-refractivity contribution is 0.110. The van der Waals surface area contributed by atoms with Crippen LogP contribution >= 0.6 is 0 Å². The van der Waals surface area contributed by atoms with Gasteiger partial charge in [-0.25, -0.2) is 0 Å². The summed E-state index contributed by atoms with van der Waals surface area (Å²) < 4.78 is 5.16. The van der Waals surface area contributed by atoms with Crippen LogP contribution in [-0.2, 0) is 4.74 Å². The highest BCUT2D eigenvalue weighted by Gasteiger charge is 1.86. The molecule has 2 N–H and O–H groups in total. The molecule has 0 aliphatic carbocycles. The minimum Gasteiger partial charge on any atom is -0.394 e. The van der Waals surface area contributed by atoms with Gasteiger partial charge in [0.2, 0.25) is 0 Å². The van der Waals surface area contributed by atoms with Crippen LogP contribution in [0.4, 0.5) is 0 Å². The Labute approximate surface area is 86.7 Å². The number of rotatable bonds is 5. The van der Waals surface area contributed by atoms with Crippen molar-refractivity contribution >= 4 is 0 Å². The summed E-state index contributed by atoms with van der Waals surface area (Å²) in [5.74, 6) is 0. The van der Waals surface area contributed by atoms with Gasteiger partial charge in [0.1, 0.15) is 0 Å². The van der Waals surface area contributed by atoms with E-state index in [9.17, 15) is 0 Å². The van der Waals surface area contributed by atoms with Gasteiger partial charge in [-0.15, -0.1) is 0 Å². The van der Waals surface area contributed by atoms with Crippen LogP contribution in [0.2, 0.25) is 0 Å². The molecular weight excluding hydrogens is 180 g/mol. The summed E-state index contributed by atoms with van der Waals surface area (Å²) in [6, 6.07) is 0. The van der Waals surface area contributed by atoms with E-state index in [1.807, 2.05) is 13.8 Å². The van der Waals surface area contributed by atoms with Crippen LogP contribution in [0.25, 0.3) is 0 Å². The zero-order valence-electron chi connectivity index (χ0n) is 9.42. The minimum absolute atomic E-state index is 0.139. The van der Waals surface area contributed by atoms with Crippen molar-refractivity contribution < 1.29 is 14.9 Å². The lowest BCUT2D eigenvalue weighted by Crippen LogP contribution is -2.03. The molecule has 0 aliphatic rings. The van der Waals surface area contributed by atoms with Gasteiger partial charge in [0, 0.05) is 0 Å². The van der Waals surface area contributed by atoms with Crippen LogP contribution < -0.4 is 0 Å². The molecule has 0 saturated carbocycles. The van der Waals surface area contributed by atoms with E-state index in [0.717, 1.165) is 11.1 Å². The second-order valence-corrected chi connectivity index (χ2v) is 3.44. The molecule has 0 aromatic rings. The predicted molar refractivity (Wildman–Crippen MR) is 59.2 cm³/mol. The molecule has 1 unspecified atom stereocenters. The van der Waals surface area contributed by atoms with Crippen LogP contribution in [0.5, 0.6) is 0 Å². The fraction of sp³-hybridized carbons (Fsp3) is 0.636. The Kier molecular flexibility index (Phi) is 11.8. The number of hydrogen-bond acceptors (Lipinski definition) is 3. The maximum absolute atomic E-state index is 8.11. The second kappa shape index (κ2) is 10.4. The van der Waals surface area contributed by atoms with E-state index < -0.39 is 6.10 Å². The van der Waals surface area contributed by atoms with Gasteiger partial charge in [0.25, 0.3) is 0 Å². The van der Waals surface area contributed by atoms with E-state index in [4.69, 9.17) is 14.9 Å². The first kappa shape index (κ1) is 15.8. The van der Waals surface area contributed by atoms with Gasteiger partial charge < -0.3 is 14.9 Å². The quantitative estimate of drug-likeness (QED) is 0.664. The van der Waals surface area contributed by atoms with E-state index in [1.54, 1.807) is 0 Å². The number of aliphatic hydroxyl groups excluding tert-OH is 2. The first-order valence-corrected chi connectivity index (χ1v) is 4.55. The van der Waals surface area contributed by atoms with E-state index in [2.05, 4.69) is 13.2 Å². The Balaban J connectivity index is 0. The topological polar surface area (TPSA) is 49.7 Å². The summed E-state index contributed by atoms with van der Waals surface area (Å²) in [5.41, 5.74) is 2.10. The Bertz CT molecular complexity index is 148. The molecule has 0 aromatic carbocycles. The zero-order valence-corrected chi connectivity index (χ0v) is 9.42. The average Bonchev–Trinajstić information content (AvgIpc) is 2.04. The third-order valence-electron chi connectivity index (χ3n) is 0.961. The maximum Gasteiger partial charge on any atom is 0.0742 e. The third kappa shape index (κ3) is 22.5. The van der Waals surface area contributed by atoms with E-state index >= 15 is 0 Å². The Morgan fingerprint density at radius 1 is 1.21 bits per heavy atom. The van der Waals surface area contributed by atoms with Gasteiger partial charge in [0.05, 0.1) is 25.9 Å². The Morgan fingerprint density at radius 3 is 1.64 bits per heavy atom. The summed E-state index contributed by atoms with van der Waals surface area (Å²) >= 11 is 0. The molecule has 0 heterocycles. The predicted octanol–water partition coefficient (Wildman–Crippen LogP) is 1.51. The van der Waals surface area contributed by atoms with Crippen molar-refractivity contribution in [1.82, 2.24) is 0 Å². The highest BCUT2D eigenvalue weighted by atomic mass is 16.5. The molecule has 3 nitrogen and oxygen atoms in total. The lowest BCUT2D eigenvalue weighted by atomic mass is 10.3. The Morgan fingerprint density at radius 2 is 1.50 bits per heavy atom. The SMILES string of the molecule is C=C(C)COCC(=C)C.CC(O)CO. The van der Waals surface area contributed by atoms with Gasteiger partial charge in [-0.2, -0.15) is 0 Å². The zero-order chi connectivity index (χ0) is 11.6.